The van der Waals surface area contributed by atoms with Gasteiger partial charge in [0.25, 0.3) is 5.91 Å². The van der Waals surface area contributed by atoms with E-state index < -0.39 is 11.9 Å². The molecule has 2 N–H and O–H groups in total. The third-order valence-corrected chi connectivity index (χ3v) is 3.31. The van der Waals surface area contributed by atoms with Gasteiger partial charge in [0.05, 0.1) is 5.92 Å². The first kappa shape index (κ1) is 17.1. The van der Waals surface area contributed by atoms with E-state index in [-0.39, 0.29) is 24.2 Å². The van der Waals surface area contributed by atoms with Crippen molar-refractivity contribution in [2.45, 2.75) is 34.1 Å². The van der Waals surface area contributed by atoms with Gasteiger partial charge in [0.1, 0.15) is 5.82 Å². The van der Waals surface area contributed by atoms with Gasteiger partial charge >= 0.3 is 5.97 Å². The second kappa shape index (κ2) is 7.20. The molecule has 0 aliphatic heterocycles. The van der Waals surface area contributed by atoms with E-state index >= 15 is 0 Å². The summed E-state index contributed by atoms with van der Waals surface area (Å²) >= 11 is 0. The molecule has 1 aromatic rings. The standard InChI is InChI=1S/C16H22FNO3/c1-9(2)5-13(16(20)21)8-18-15(19)12-6-10(3)14(17)11(4)7-12/h6-7,9,13H,5,8H2,1-4H3,(H,18,19)(H,20,21). The zero-order valence-corrected chi connectivity index (χ0v) is 12.9. The Labute approximate surface area is 124 Å². The third kappa shape index (κ3) is 4.85. The summed E-state index contributed by atoms with van der Waals surface area (Å²) in [6.45, 7) is 7.13. The summed E-state index contributed by atoms with van der Waals surface area (Å²) in [5.74, 6) is -2.00. The third-order valence-electron chi connectivity index (χ3n) is 3.31. The molecule has 0 aliphatic rings. The highest BCUT2D eigenvalue weighted by atomic mass is 19.1. The lowest BCUT2D eigenvalue weighted by atomic mass is 9.97. The maximum atomic E-state index is 13.5. The number of carboxylic acid groups (broad SMARTS) is 1. The van der Waals surface area contributed by atoms with Gasteiger partial charge in [-0.3, -0.25) is 9.59 Å². The van der Waals surface area contributed by atoms with Crippen LogP contribution in [0.4, 0.5) is 4.39 Å². The van der Waals surface area contributed by atoms with Crippen molar-refractivity contribution in [2.75, 3.05) is 6.54 Å². The van der Waals surface area contributed by atoms with Crippen LogP contribution in [0, 0.1) is 31.5 Å². The van der Waals surface area contributed by atoms with Gasteiger partial charge in [-0.2, -0.15) is 0 Å². The zero-order chi connectivity index (χ0) is 16.2. The monoisotopic (exact) mass is 295 g/mol. The maximum absolute atomic E-state index is 13.5. The molecule has 21 heavy (non-hydrogen) atoms. The summed E-state index contributed by atoms with van der Waals surface area (Å²) in [4.78, 5) is 23.2. The van der Waals surface area contributed by atoms with Crippen LogP contribution in [0.1, 0.15) is 41.8 Å². The SMILES string of the molecule is Cc1cc(C(=O)NCC(CC(C)C)C(=O)O)cc(C)c1F. The molecule has 0 saturated heterocycles. The molecule has 4 nitrogen and oxygen atoms in total. The summed E-state index contributed by atoms with van der Waals surface area (Å²) in [5.41, 5.74) is 1.15. The molecule has 1 unspecified atom stereocenters. The highest BCUT2D eigenvalue weighted by Gasteiger charge is 2.20. The second-order valence-electron chi connectivity index (χ2n) is 5.80. The number of carboxylic acids is 1. The number of amides is 1. The first-order valence-electron chi connectivity index (χ1n) is 7.00. The van der Waals surface area contributed by atoms with Crippen molar-refractivity contribution in [3.8, 4) is 0 Å². The van der Waals surface area contributed by atoms with Crippen LogP contribution in [0.25, 0.3) is 0 Å². The topological polar surface area (TPSA) is 66.4 Å². The van der Waals surface area contributed by atoms with E-state index in [2.05, 4.69) is 5.32 Å². The van der Waals surface area contributed by atoms with Crippen molar-refractivity contribution in [1.29, 1.82) is 0 Å². The van der Waals surface area contributed by atoms with Crippen LogP contribution >= 0.6 is 0 Å². The molecule has 1 aromatic carbocycles. The van der Waals surface area contributed by atoms with Gasteiger partial charge in [-0.25, -0.2) is 4.39 Å². The lowest BCUT2D eigenvalue weighted by Crippen LogP contribution is -2.33. The predicted octanol–water partition coefficient (Wildman–Crippen LogP) is 2.92. The van der Waals surface area contributed by atoms with Crippen LogP contribution in [-0.2, 0) is 4.79 Å². The summed E-state index contributed by atoms with van der Waals surface area (Å²) in [6.07, 6.45) is 0.497. The highest BCUT2D eigenvalue weighted by molar-refractivity contribution is 5.94. The van der Waals surface area contributed by atoms with Crippen molar-refractivity contribution >= 4 is 11.9 Å². The summed E-state index contributed by atoms with van der Waals surface area (Å²) in [7, 11) is 0. The number of hydrogen-bond donors (Lipinski definition) is 2. The molecule has 0 bridgehead atoms. The van der Waals surface area contributed by atoms with Crippen LogP contribution in [0.5, 0.6) is 0 Å². The summed E-state index contributed by atoms with van der Waals surface area (Å²) in [5, 5.41) is 11.7. The average Bonchev–Trinajstić information content (AvgIpc) is 2.39. The number of aliphatic carboxylic acids is 1. The van der Waals surface area contributed by atoms with E-state index in [9.17, 15) is 14.0 Å². The van der Waals surface area contributed by atoms with E-state index in [0.717, 1.165) is 0 Å². The fourth-order valence-electron chi connectivity index (χ4n) is 2.24. The second-order valence-corrected chi connectivity index (χ2v) is 5.80. The van der Waals surface area contributed by atoms with Crippen molar-refractivity contribution in [3.05, 3.63) is 34.6 Å². The molecule has 0 heterocycles. The molecular weight excluding hydrogens is 273 g/mol. The smallest absolute Gasteiger partial charge is 0.308 e. The van der Waals surface area contributed by atoms with Crippen LogP contribution in [-0.4, -0.2) is 23.5 Å². The molecule has 1 atom stereocenters. The molecule has 1 amide bonds. The number of halogens is 1. The minimum Gasteiger partial charge on any atom is -0.481 e. The van der Waals surface area contributed by atoms with E-state index in [4.69, 9.17) is 5.11 Å². The minimum absolute atomic E-state index is 0.0712. The van der Waals surface area contributed by atoms with E-state index in [1.54, 1.807) is 13.8 Å². The predicted molar refractivity (Wildman–Crippen MR) is 78.8 cm³/mol. The minimum atomic E-state index is -0.921. The van der Waals surface area contributed by atoms with Gasteiger partial charge in [-0.1, -0.05) is 13.8 Å². The number of carbonyl (C=O) groups excluding carboxylic acids is 1. The Morgan fingerprint density at radius 2 is 1.76 bits per heavy atom. The molecule has 0 aromatic heterocycles. The van der Waals surface area contributed by atoms with Gasteiger partial charge in [0.2, 0.25) is 0 Å². The maximum Gasteiger partial charge on any atom is 0.308 e. The number of nitrogens with one attached hydrogen (secondary N) is 1. The quantitative estimate of drug-likeness (QED) is 0.848. The zero-order valence-electron chi connectivity index (χ0n) is 12.9. The van der Waals surface area contributed by atoms with Crippen LogP contribution in [0.3, 0.4) is 0 Å². The Balaban J connectivity index is 2.75. The molecule has 1 rings (SSSR count). The Kier molecular flexibility index (Phi) is 5.88. The van der Waals surface area contributed by atoms with Gasteiger partial charge in [-0.05, 0) is 49.4 Å². The van der Waals surface area contributed by atoms with Crippen molar-refractivity contribution in [1.82, 2.24) is 5.32 Å². The first-order chi connectivity index (χ1) is 9.72. The Bertz CT molecular complexity index is 517. The lowest BCUT2D eigenvalue weighted by molar-refractivity contribution is -0.142. The van der Waals surface area contributed by atoms with Gasteiger partial charge in [-0.15, -0.1) is 0 Å². The van der Waals surface area contributed by atoms with E-state index in [0.29, 0.717) is 23.1 Å². The number of carbonyl (C=O) groups is 2. The van der Waals surface area contributed by atoms with E-state index in [1.807, 2.05) is 13.8 Å². The molecule has 116 valence electrons. The molecular formula is C16H22FNO3. The fraction of sp³-hybridized carbons (Fsp3) is 0.500. The van der Waals surface area contributed by atoms with Crippen molar-refractivity contribution < 1.29 is 19.1 Å². The molecule has 0 radical (unpaired) electrons. The fourth-order valence-corrected chi connectivity index (χ4v) is 2.24. The summed E-state index contributed by atoms with van der Waals surface area (Å²) < 4.78 is 13.5. The lowest BCUT2D eigenvalue weighted by Gasteiger charge is -2.15. The van der Waals surface area contributed by atoms with E-state index in [1.165, 1.54) is 12.1 Å². The first-order valence-corrected chi connectivity index (χ1v) is 7.00. The summed E-state index contributed by atoms with van der Waals surface area (Å²) in [6, 6.07) is 2.94. The number of benzene rings is 1. The molecule has 5 heteroatoms. The Hall–Kier alpha value is -1.91. The molecule has 0 saturated carbocycles. The highest BCUT2D eigenvalue weighted by Crippen LogP contribution is 2.15. The molecule has 0 aliphatic carbocycles. The largest absolute Gasteiger partial charge is 0.481 e. The Morgan fingerprint density at radius 3 is 2.19 bits per heavy atom. The van der Waals surface area contributed by atoms with Gasteiger partial charge in [0, 0.05) is 12.1 Å². The van der Waals surface area contributed by atoms with Crippen LogP contribution < -0.4 is 5.32 Å². The van der Waals surface area contributed by atoms with Gasteiger partial charge in [0.15, 0.2) is 0 Å². The van der Waals surface area contributed by atoms with Crippen LogP contribution in [0.15, 0.2) is 12.1 Å². The number of hydrogen-bond acceptors (Lipinski definition) is 2. The van der Waals surface area contributed by atoms with Gasteiger partial charge < -0.3 is 10.4 Å². The Morgan fingerprint density at radius 1 is 1.24 bits per heavy atom. The number of aryl methyl sites for hydroxylation is 2. The molecule has 0 spiro atoms. The average molecular weight is 295 g/mol. The normalized spacial score (nSPS) is 12.3. The number of rotatable bonds is 6. The molecule has 0 fully saturated rings. The van der Waals surface area contributed by atoms with Crippen LogP contribution in [0.2, 0.25) is 0 Å². The van der Waals surface area contributed by atoms with Crippen molar-refractivity contribution in [2.24, 2.45) is 11.8 Å². The van der Waals surface area contributed by atoms with Crippen molar-refractivity contribution in [3.63, 3.8) is 0 Å².